The zero-order chi connectivity index (χ0) is 15.7. The van der Waals surface area contributed by atoms with Crippen LogP contribution in [-0.4, -0.2) is 190 Å². The van der Waals surface area contributed by atoms with Crippen LogP contribution in [0.3, 0.4) is 0 Å². The zero-order valence-electron chi connectivity index (χ0n) is 10.6. The number of carbonyl (C=O) groups is 4. The fourth-order valence-corrected chi connectivity index (χ4v) is 1.48. The third kappa shape index (κ3) is 21.0. The van der Waals surface area contributed by atoms with Crippen molar-refractivity contribution >= 4 is 121 Å². The molecule has 0 bridgehead atoms. The molecule has 0 aliphatic rings. The zero-order valence-corrected chi connectivity index (χ0v) is 10.6. The van der Waals surface area contributed by atoms with Crippen molar-refractivity contribution in [3.8, 4) is 0 Å². The van der Waals surface area contributed by atoms with Crippen LogP contribution in [0.5, 0.6) is 0 Å². The van der Waals surface area contributed by atoms with Crippen LogP contribution in [0.1, 0.15) is 0 Å². The van der Waals surface area contributed by atoms with Crippen LogP contribution in [0.2, 0.25) is 0 Å². The second-order valence-corrected chi connectivity index (χ2v) is 4.00. The van der Waals surface area contributed by atoms with Gasteiger partial charge < -0.3 is 20.4 Å². The van der Waals surface area contributed by atoms with Crippen molar-refractivity contribution in [1.82, 2.24) is 9.80 Å². The standard InChI is InChI=1S/C10H16N2O8.Ca.2Na.4H/c13-7(14)3-11(4-8(15)16)1-2-12(5-9(17)18)6-10(19)20;;;;;;;/h1-6H2,(H,13,14)(H,15,16)(H,17,18)(H,19,20);;;;;;;. The van der Waals surface area contributed by atoms with Gasteiger partial charge in [-0.25, -0.2) is 0 Å². The van der Waals surface area contributed by atoms with Gasteiger partial charge in [-0.3, -0.25) is 29.0 Å². The Morgan fingerprint density at radius 3 is 0.870 bits per heavy atom. The van der Waals surface area contributed by atoms with E-state index >= 15 is 0 Å². The predicted octanol–water partition coefficient (Wildman–Crippen LogP) is -4.28. The van der Waals surface area contributed by atoms with E-state index < -0.39 is 50.1 Å². The van der Waals surface area contributed by atoms with E-state index in [4.69, 9.17) is 20.4 Å². The molecule has 0 saturated carbocycles. The van der Waals surface area contributed by atoms with Gasteiger partial charge in [-0.2, -0.15) is 0 Å². The maximum atomic E-state index is 10.6. The summed E-state index contributed by atoms with van der Waals surface area (Å²) in [7, 11) is 0. The van der Waals surface area contributed by atoms with Crippen molar-refractivity contribution in [3.63, 3.8) is 0 Å². The van der Waals surface area contributed by atoms with Crippen molar-refractivity contribution in [3.05, 3.63) is 0 Å². The summed E-state index contributed by atoms with van der Waals surface area (Å²) >= 11 is 0. The van der Waals surface area contributed by atoms with Gasteiger partial charge in [0.05, 0.1) is 26.2 Å². The molecule has 122 valence electrons. The number of carboxylic acid groups (broad SMARTS) is 4. The van der Waals surface area contributed by atoms with E-state index in [0.29, 0.717) is 0 Å². The first-order valence-electron chi connectivity index (χ1n) is 5.52. The quantitative estimate of drug-likeness (QED) is 0.258. The Morgan fingerprint density at radius 1 is 0.565 bits per heavy atom. The molecule has 0 spiro atoms. The van der Waals surface area contributed by atoms with Crippen LogP contribution < -0.4 is 0 Å². The SMILES string of the molecule is O=C(O)CN(CCN(CC(=O)O)CC(=O)O)CC(=O)O.[CaH2].[NaH].[NaH]. The molecule has 0 aromatic heterocycles. The topological polar surface area (TPSA) is 156 Å². The van der Waals surface area contributed by atoms with Crippen molar-refractivity contribution in [1.29, 1.82) is 0 Å². The molecule has 0 radical (unpaired) electrons. The monoisotopic (exact) mass is 382 g/mol. The average molecular weight is 382 g/mol. The van der Waals surface area contributed by atoms with Gasteiger partial charge in [-0.15, -0.1) is 0 Å². The van der Waals surface area contributed by atoms with Gasteiger partial charge in [0, 0.05) is 13.1 Å². The molecule has 0 aromatic rings. The molecule has 0 aromatic carbocycles. The van der Waals surface area contributed by atoms with Crippen molar-refractivity contribution < 1.29 is 39.6 Å². The molecule has 0 saturated heterocycles. The Labute approximate surface area is 206 Å². The summed E-state index contributed by atoms with van der Waals surface area (Å²) < 4.78 is 0. The molecule has 13 heteroatoms. The van der Waals surface area contributed by atoms with Gasteiger partial charge in [0.1, 0.15) is 0 Å². The maximum absolute atomic E-state index is 10.6. The fourth-order valence-electron chi connectivity index (χ4n) is 1.48. The number of hydrogen-bond acceptors (Lipinski definition) is 6. The first-order valence-corrected chi connectivity index (χ1v) is 5.52. The van der Waals surface area contributed by atoms with Crippen LogP contribution in [0.25, 0.3) is 0 Å². The van der Waals surface area contributed by atoms with E-state index in [1.165, 1.54) is 0 Å². The Kier molecular flexibility index (Phi) is 24.7. The van der Waals surface area contributed by atoms with Crippen molar-refractivity contribution in [2.24, 2.45) is 0 Å². The van der Waals surface area contributed by atoms with E-state index in [0.717, 1.165) is 9.80 Å². The van der Waals surface area contributed by atoms with Gasteiger partial charge >= 0.3 is 121 Å². The molecule has 4 N–H and O–H groups in total. The van der Waals surface area contributed by atoms with E-state index in [1.54, 1.807) is 0 Å². The summed E-state index contributed by atoms with van der Waals surface area (Å²) in [5, 5.41) is 34.5. The molecular weight excluding hydrogens is 362 g/mol. The molecule has 0 aliphatic heterocycles. The first-order chi connectivity index (χ1) is 9.20. The van der Waals surface area contributed by atoms with E-state index in [9.17, 15) is 19.2 Å². The van der Waals surface area contributed by atoms with Crippen LogP contribution in [0, 0.1) is 0 Å². The van der Waals surface area contributed by atoms with Crippen LogP contribution >= 0.6 is 0 Å². The van der Waals surface area contributed by atoms with Crippen LogP contribution in [0.4, 0.5) is 0 Å². The summed E-state index contributed by atoms with van der Waals surface area (Å²) in [5.41, 5.74) is 0. The van der Waals surface area contributed by atoms with Gasteiger partial charge in [0.2, 0.25) is 0 Å². The summed E-state index contributed by atoms with van der Waals surface area (Å²) in [6, 6.07) is 0. The molecule has 23 heavy (non-hydrogen) atoms. The Balaban J connectivity index is -0.000000602. The third-order valence-corrected chi connectivity index (χ3v) is 2.17. The van der Waals surface area contributed by atoms with Gasteiger partial charge in [0.25, 0.3) is 0 Å². The molecular formula is C10H20CaN2Na2O8. The summed E-state index contributed by atoms with van der Waals surface area (Å²) in [6.07, 6.45) is 0. The Bertz CT molecular complexity index is 331. The Hall–Kier alpha value is 1.06. The van der Waals surface area contributed by atoms with Crippen LogP contribution in [-0.2, 0) is 19.2 Å². The van der Waals surface area contributed by atoms with Crippen molar-refractivity contribution in [2.45, 2.75) is 0 Å². The summed E-state index contributed by atoms with van der Waals surface area (Å²) in [6.45, 7) is -2.25. The van der Waals surface area contributed by atoms with Gasteiger partial charge in [-0.1, -0.05) is 0 Å². The Morgan fingerprint density at radius 2 is 0.739 bits per heavy atom. The molecule has 0 heterocycles. The normalized spacial score (nSPS) is 9.30. The number of carboxylic acids is 4. The number of nitrogens with zero attached hydrogens (tertiary/aromatic N) is 2. The molecule has 0 unspecified atom stereocenters. The summed E-state index contributed by atoms with van der Waals surface area (Å²) in [5.74, 6) is -4.91. The fraction of sp³-hybridized carbons (Fsp3) is 0.600. The minimum atomic E-state index is -1.23. The number of aliphatic carboxylic acids is 4. The first kappa shape index (κ1) is 31.8. The van der Waals surface area contributed by atoms with E-state index in [2.05, 4.69) is 0 Å². The van der Waals surface area contributed by atoms with E-state index in [1.807, 2.05) is 0 Å². The number of rotatable bonds is 11. The second kappa shape index (κ2) is 17.9. The van der Waals surface area contributed by atoms with Crippen molar-refractivity contribution in [2.75, 3.05) is 39.3 Å². The molecule has 10 nitrogen and oxygen atoms in total. The molecule has 0 fully saturated rings. The predicted molar refractivity (Wildman–Crippen MR) is 86.3 cm³/mol. The minimum absolute atomic E-state index is 0. The molecule has 0 atom stereocenters. The molecule has 0 amide bonds. The van der Waals surface area contributed by atoms with Gasteiger partial charge in [0.15, 0.2) is 0 Å². The average Bonchev–Trinajstić information content (AvgIpc) is 2.22. The van der Waals surface area contributed by atoms with Crippen LogP contribution in [0.15, 0.2) is 0 Å². The summed E-state index contributed by atoms with van der Waals surface area (Å²) in [4.78, 5) is 44.4. The number of hydrogen-bond donors (Lipinski definition) is 4. The second-order valence-electron chi connectivity index (χ2n) is 4.00. The van der Waals surface area contributed by atoms with E-state index in [-0.39, 0.29) is 110 Å². The third-order valence-electron chi connectivity index (χ3n) is 2.17. The molecule has 0 aliphatic carbocycles. The van der Waals surface area contributed by atoms with Gasteiger partial charge in [-0.05, 0) is 0 Å². The molecule has 0 rings (SSSR count).